The Balaban J connectivity index is 1.69. The Bertz CT molecular complexity index is 1090. The predicted octanol–water partition coefficient (Wildman–Crippen LogP) is 2.03. The van der Waals surface area contributed by atoms with E-state index < -0.39 is 29.5 Å². The molecule has 2 aliphatic rings. The molecule has 33 heavy (non-hydrogen) atoms. The van der Waals surface area contributed by atoms with Crippen molar-refractivity contribution in [3.63, 3.8) is 0 Å². The highest BCUT2D eigenvalue weighted by atomic mass is 19.3. The van der Waals surface area contributed by atoms with Crippen molar-refractivity contribution in [3.8, 4) is 0 Å². The fraction of sp³-hybridized carbons (Fsp3) is 0.261. The maximum Gasteiger partial charge on any atom is 0.366 e. The number of carbonyl (C=O) groups excluding carboxylic acids is 4. The van der Waals surface area contributed by atoms with Crippen LogP contribution in [0.15, 0.2) is 60.3 Å². The average molecular weight is 456 g/mol. The monoisotopic (exact) mass is 456 g/mol. The summed E-state index contributed by atoms with van der Waals surface area (Å²) < 4.78 is 29.0. The molecule has 10 heteroatoms. The van der Waals surface area contributed by atoms with Gasteiger partial charge in [0.25, 0.3) is 11.8 Å². The van der Waals surface area contributed by atoms with Crippen LogP contribution in [0.3, 0.4) is 0 Å². The molecule has 0 saturated carbocycles. The molecule has 1 aromatic carbocycles. The average Bonchev–Trinajstić information content (AvgIpc) is 3.10. The van der Waals surface area contributed by atoms with Crippen LogP contribution < -0.4 is 10.6 Å². The van der Waals surface area contributed by atoms with E-state index in [9.17, 15) is 28.0 Å². The maximum absolute atomic E-state index is 14.5. The molecule has 3 rings (SSSR count). The van der Waals surface area contributed by atoms with Gasteiger partial charge in [0.2, 0.25) is 11.8 Å². The summed E-state index contributed by atoms with van der Waals surface area (Å²) in [6.07, 6.45) is 4.66. The smallest absolute Gasteiger partial charge is 0.346 e. The number of halogens is 2. The molecule has 0 radical (unpaired) electrons. The Morgan fingerprint density at radius 3 is 2.70 bits per heavy atom. The van der Waals surface area contributed by atoms with Crippen LogP contribution in [0.4, 0.5) is 8.78 Å². The van der Waals surface area contributed by atoms with Crippen LogP contribution in [0, 0.1) is 0 Å². The van der Waals surface area contributed by atoms with Crippen LogP contribution >= 0.6 is 0 Å². The van der Waals surface area contributed by atoms with Crippen LogP contribution in [-0.4, -0.2) is 46.7 Å². The van der Waals surface area contributed by atoms with Gasteiger partial charge in [0.05, 0.1) is 0 Å². The third kappa shape index (κ3) is 4.94. The van der Waals surface area contributed by atoms with E-state index in [1.54, 1.807) is 12.1 Å². The number of rotatable bonds is 8. The molecular formula is C23H22F2N4O4. The second-order valence-electron chi connectivity index (χ2n) is 7.45. The van der Waals surface area contributed by atoms with E-state index in [0.29, 0.717) is 16.7 Å². The minimum Gasteiger partial charge on any atom is -0.346 e. The van der Waals surface area contributed by atoms with Crippen molar-refractivity contribution in [2.24, 2.45) is 4.99 Å². The normalized spacial score (nSPS) is 18.8. The minimum absolute atomic E-state index is 0.140. The number of fused-ring (bicyclic) bond motifs is 1. The third-order valence-corrected chi connectivity index (χ3v) is 5.24. The lowest BCUT2D eigenvalue weighted by molar-refractivity contribution is -0.141. The number of hydrogen-bond donors (Lipinski definition) is 2. The Morgan fingerprint density at radius 1 is 1.27 bits per heavy atom. The number of hydrogen-bond acceptors (Lipinski definition) is 5. The van der Waals surface area contributed by atoms with Gasteiger partial charge in [-0.15, -0.1) is 0 Å². The second kappa shape index (κ2) is 9.68. The van der Waals surface area contributed by atoms with Gasteiger partial charge in [-0.05, 0) is 29.7 Å². The fourth-order valence-electron chi connectivity index (χ4n) is 3.62. The Labute approximate surface area is 188 Å². The number of amides is 4. The van der Waals surface area contributed by atoms with Gasteiger partial charge in [-0.2, -0.15) is 8.78 Å². The fourth-order valence-corrected chi connectivity index (χ4v) is 3.62. The topological polar surface area (TPSA) is 108 Å². The number of allylic oxidation sites excluding steroid dienone is 3. The number of carbonyl (C=O) groups is 4. The lowest BCUT2D eigenvalue weighted by atomic mass is 10.0. The quantitative estimate of drug-likeness (QED) is 0.355. The summed E-state index contributed by atoms with van der Waals surface area (Å²) >= 11 is 0. The van der Waals surface area contributed by atoms with E-state index in [1.807, 2.05) is 0 Å². The number of nitrogens with zero attached hydrogens (tertiary/aromatic N) is 2. The van der Waals surface area contributed by atoms with E-state index in [0.717, 1.165) is 18.4 Å². The van der Waals surface area contributed by atoms with Crippen molar-refractivity contribution in [3.05, 3.63) is 72.0 Å². The first-order valence-electron chi connectivity index (χ1n) is 10.1. The van der Waals surface area contributed by atoms with Gasteiger partial charge < -0.3 is 10.2 Å². The Morgan fingerprint density at radius 2 is 2.03 bits per heavy atom. The van der Waals surface area contributed by atoms with Crippen molar-refractivity contribution < 1.29 is 28.0 Å². The van der Waals surface area contributed by atoms with Gasteiger partial charge in [0.15, 0.2) is 0 Å². The Hall–Kier alpha value is -3.95. The highest BCUT2D eigenvalue weighted by molar-refractivity contribution is 6.05. The van der Waals surface area contributed by atoms with Crippen molar-refractivity contribution in [2.75, 3.05) is 0 Å². The van der Waals surface area contributed by atoms with E-state index in [-0.39, 0.29) is 37.7 Å². The first kappa shape index (κ1) is 23.7. The highest BCUT2D eigenvalue weighted by Crippen LogP contribution is 2.29. The molecule has 1 atom stereocenters. The van der Waals surface area contributed by atoms with Gasteiger partial charge >= 0.3 is 5.92 Å². The zero-order valence-electron chi connectivity index (χ0n) is 17.6. The summed E-state index contributed by atoms with van der Waals surface area (Å²) in [5, 5.41) is 4.41. The van der Waals surface area contributed by atoms with Crippen LogP contribution in [0.5, 0.6) is 0 Å². The first-order valence-corrected chi connectivity index (χ1v) is 10.1. The number of piperidine rings is 1. The van der Waals surface area contributed by atoms with Crippen LogP contribution in [0.2, 0.25) is 0 Å². The van der Waals surface area contributed by atoms with E-state index >= 15 is 0 Å². The molecule has 0 aromatic heterocycles. The van der Waals surface area contributed by atoms with E-state index in [4.69, 9.17) is 0 Å². The number of imide groups is 1. The zero-order valence-corrected chi connectivity index (χ0v) is 17.6. The molecule has 1 fully saturated rings. The molecule has 0 spiro atoms. The SMILES string of the molecule is C=C/C=N\C(=C/C=C)C(F)(F)C(=O)NCc1ccc2c(c1)CN(C1CCC(=O)NC1=O)C2=O. The zero-order chi connectivity index (χ0) is 24.2. The lowest BCUT2D eigenvalue weighted by Gasteiger charge is -2.29. The number of benzene rings is 1. The van der Waals surface area contributed by atoms with Crippen molar-refractivity contribution in [1.82, 2.24) is 15.5 Å². The van der Waals surface area contributed by atoms with Gasteiger partial charge in [-0.3, -0.25) is 29.5 Å². The first-order chi connectivity index (χ1) is 15.7. The Kier molecular flexibility index (Phi) is 6.95. The van der Waals surface area contributed by atoms with Crippen molar-refractivity contribution in [1.29, 1.82) is 0 Å². The summed E-state index contributed by atoms with van der Waals surface area (Å²) in [6.45, 7) is 6.64. The number of nitrogens with one attached hydrogen (secondary N) is 2. The van der Waals surface area contributed by atoms with Gasteiger partial charge in [-0.25, -0.2) is 0 Å². The number of aliphatic imine (C=N–C) groups is 1. The van der Waals surface area contributed by atoms with Crippen molar-refractivity contribution >= 4 is 29.8 Å². The summed E-state index contributed by atoms with van der Waals surface area (Å²) in [5.74, 6) is -6.69. The molecule has 2 heterocycles. The molecule has 172 valence electrons. The summed E-state index contributed by atoms with van der Waals surface area (Å²) in [6, 6.07) is 3.93. The molecular weight excluding hydrogens is 434 g/mol. The van der Waals surface area contributed by atoms with Gasteiger partial charge in [-0.1, -0.05) is 37.4 Å². The predicted molar refractivity (Wildman–Crippen MR) is 116 cm³/mol. The molecule has 2 aliphatic heterocycles. The van der Waals surface area contributed by atoms with Crippen LogP contribution in [0.1, 0.15) is 34.3 Å². The highest BCUT2D eigenvalue weighted by Gasteiger charge is 2.43. The summed E-state index contributed by atoms with van der Waals surface area (Å²) in [4.78, 5) is 53.3. The third-order valence-electron chi connectivity index (χ3n) is 5.24. The van der Waals surface area contributed by atoms with Crippen LogP contribution in [0.25, 0.3) is 0 Å². The molecule has 1 aromatic rings. The summed E-state index contributed by atoms with van der Waals surface area (Å²) in [7, 11) is 0. The van der Waals surface area contributed by atoms with Gasteiger partial charge in [0, 0.05) is 31.3 Å². The maximum atomic E-state index is 14.5. The van der Waals surface area contributed by atoms with Crippen LogP contribution in [-0.2, 0) is 27.5 Å². The molecule has 1 unspecified atom stereocenters. The number of alkyl halides is 2. The molecule has 2 N–H and O–H groups in total. The second-order valence-corrected chi connectivity index (χ2v) is 7.45. The standard InChI is InChI=1S/C23H22F2N4O4/c1-3-5-18(26-10-4-2)23(24,25)22(33)27-12-14-6-7-16-15(11-14)13-29(21(16)32)17-8-9-19(30)28-20(17)31/h3-7,10-11,17H,1-2,8-9,12-13H2,(H,27,33)(H,28,30,31)/b18-5-,26-10-. The van der Waals surface area contributed by atoms with Gasteiger partial charge in [0.1, 0.15) is 11.7 Å². The molecule has 0 bridgehead atoms. The molecule has 0 aliphatic carbocycles. The lowest BCUT2D eigenvalue weighted by Crippen LogP contribution is -2.52. The molecule has 4 amide bonds. The minimum atomic E-state index is -3.90. The largest absolute Gasteiger partial charge is 0.366 e. The van der Waals surface area contributed by atoms with E-state index in [1.165, 1.54) is 17.0 Å². The molecule has 1 saturated heterocycles. The summed E-state index contributed by atoms with van der Waals surface area (Å²) in [5.41, 5.74) is 0.704. The van der Waals surface area contributed by atoms with E-state index in [2.05, 4.69) is 28.8 Å². The molecule has 8 nitrogen and oxygen atoms in total. The van der Waals surface area contributed by atoms with Crippen molar-refractivity contribution in [2.45, 2.75) is 37.9 Å².